The summed E-state index contributed by atoms with van der Waals surface area (Å²) in [6.45, 7) is 0. The van der Waals surface area contributed by atoms with E-state index in [4.69, 9.17) is 11.1 Å². The van der Waals surface area contributed by atoms with E-state index in [1.807, 2.05) is 30.3 Å². The maximum absolute atomic E-state index is 12.5. The second-order valence-corrected chi connectivity index (χ2v) is 8.50. The van der Waals surface area contributed by atoms with Gasteiger partial charge in [-0.05, 0) is 23.3 Å². The smallest absolute Gasteiger partial charge is 0.311 e. The Hall–Kier alpha value is -2.89. The summed E-state index contributed by atoms with van der Waals surface area (Å²) in [6.07, 6.45) is 2.82. The molecule has 0 amide bonds. The molecule has 0 saturated carbocycles. The highest BCUT2D eigenvalue weighted by Crippen LogP contribution is 2.45. The molecule has 8 heteroatoms. The maximum Gasteiger partial charge on any atom is 0.311 e. The molecular weight excluding hydrogens is 365 g/mol. The van der Waals surface area contributed by atoms with Crippen molar-refractivity contribution < 1.29 is 19.4 Å². The van der Waals surface area contributed by atoms with Gasteiger partial charge in [0.1, 0.15) is 0 Å². The third kappa shape index (κ3) is 6.73. The minimum absolute atomic E-state index is 0.114. The molecule has 0 radical (unpaired) electrons. The molecule has 0 aliphatic carbocycles. The molecule has 0 fully saturated rings. The third-order valence-electron chi connectivity index (χ3n) is 3.83. The van der Waals surface area contributed by atoms with E-state index in [1.54, 1.807) is 30.4 Å². The van der Waals surface area contributed by atoms with Crippen LogP contribution in [0.15, 0.2) is 60.7 Å². The fraction of sp³-hybridized carbons (Fsp3) is 0.158. The van der Waals surface area contributed by atoms with Crippen LogP contribution in [0.5, 0.6) is 0 Å². The molecule has 0 spiro atoms. The molecule has 142 valence electrons. The maximum atomic E-state index is 12.5. The van der Waals surface area contributed by atoms with Crippen LogP contribution < -0.4 is 11.1 Å². The highest BCUT2D eigenvalue weighted by atomic mass is 31.2. The van der Waals surface area contributed by atoms with Crippen LogP contribution in [0.3, 0.4) is 0 Å². The summed E-state index contributed by atoms with van der Waals surface area (Å²) >= 11 is 0. The highest BCUT2D eigenvalue weighted by Gasteiger charge is 2.29. The van der Waals surface area contributed by atoms with Gasteiger partial charge in [-0.25, -0.2) is 0 Å². The fourth-order valence-electron chi connectivity index (χ4n) is 2.59. The molecule has 0 saturated heterocycles. The monoisotopic (exact) mass is 387 g/mol. The van der Waals surface area contributed by atoms with E-state index in [2.05, 4.69) is 5.32 Å². The summed E-state index contributed by atoms with van der Waals surface area (Å²) in [6, 6.07) is 15.7. The summed E-state index contributed by atoms with van der Waals surface area (Å²) in [5.41, 5.74) is 6.99. The number of nitrogens with one attached hydrogen (secondary N) is 2. The fourth-order valence-corrected chi connectivity index (χ4v) is 4.11. The first-order valence-corrected chi connectivity index (χ1v) is 10.3. The van der Waals surface area contributed by atoms with Gasteiger partial charge < -0.3 is 21.1 Å². The lowest BCUT2D eigenvalue weighted by Crippen LogP contribution is -2.21. The van der Waals surface area contributed by atoms with Crippen molar-refractivity contribution >= 4 is 31.1 Å². The topological polar surface area (TPSA) is 136 Å². The van der Waals surface area contributed by atoms with E-state index in [-0.39, 0.29) is 18.3 Å². The molecule has 2 aromatic rings. The lowest BCUT2D eigenvalue weighted by atomic mass is 10.0. The van der Waals surface area contributed by atoms with Crippen molar-refractivity contribution in [3.8, 4) is 0 Å². The average molecular weight is 387 g/mol. The van der Waals surface area contributed by atoms with Crippen LogP contribution in [0.2, 0.25) is 0 Å². The summed E-state index contributed by atoms with van der Waals surface area (Å²) in [7, 11) is -3.70. The predicted octanol–water partition coefficient (Wildman–Crippen LogP) is 3.14. The lowest BCUT2D eigenvalue weighted by Gasteiger charge is -2.17. The number of anilines is 1. The van der Waals surface area contributed by atoms with Crippen LogP contribution in [0, 0.1) is 5.41 Å². The summed E-state index contributed by atoms with van der Waals surface area (Å²) in [5.74, 6) is -2.60. The minimum Gasteiger partial charge on any atom is -0.481 e. The largest absolute Gasteiger partial charge is 0.481 e. The van der Waals surface area contributed by atoms with Crippen molar-refractivity contribution in [1.29, 1.82) is 5.41 Å². The quantitative estimate of drug-likeness (QED) is 0.268. The Bertz CT molecular complexity index is 884. The van der Waals surface area contributed by atoms with E-state index >= 15 is 0 Å². The van der Waals surface area contributed by atoms with E-state index in [0.717, 1.165) is 5.56 Å². The van der Waals surface area contributed by atoms with Crippen LogP contribution >= 0.6 is 7.37 Å². The van der Waals surface area contributed by atoms with Crippen molar-refractivity contribution in [2.75, 3.05) is 17.6 Å². The standard InChI is InChI=1S/C19H22N3O4P/c20-19(21)22-16-10-4-9-15(12-16)17(18(23)24)13-27(25,26)11-5-8-14-6-2-1-3-7-14/h1-10,12,17H,11,13H2,(H,23,24)(H,25,26)(H4,20,21,22). The van der Waals surface area contributed by atoms with Gasteiger partial charge in [0.25, 0.3) is 0 Å². The second kappa shape index (κ2) is 9.16. The van der Waals surface area contributed by atoms with Crippen LogP contribution in [0.25, 0.3) is 6.08 Å². The number of allylic oxidation sites excluding steroid dienone is 1. The first-order valence-electron chi connectivity index (χ1n) is 8.23. The number of hydrogen-bond donors (Lipinski definition) is 5. The SMILES string of the molecule is N=C(N)Nc1cccc(C(CP(=O)(O)CC=Cc2ccccc2)C(=O)O)c1. The Morgan fingerprint density at radius 1 is 1.22 bits per heavy atom. The molecular formula is C19H22N3O4P. The molecule has 0 aliphatic rings. The zero-order chi connectivity index (χ0) is 19.9. The van der Waals surface area contributed by atoms with Crippen molar-refractivity contribution in [3.63, 3.8) is 0 Å². The van der Waals surface area contributed by atoms with E-state index in [0.29, 0.717) is 11.3 Å². The molecule has 0 aromatic heterocycles. The molecule has 2 rings (SSSR count). The third-order valence-corrected chi connectivity index (χ3v) is 5.55. The Kier molecular flexibility index (Phi) is 6.93. The molecule has 27 heavy (non-hydrogen) atoms. The van der Waals surface area contributed by atoms with Gasteiger partial charge in [0.2, 0.25) is 7.37 Å². The Morgan fingerprint density at radius 2 is 1.93 bits per heavy atom. The van der Waals surface area contributed by atoms with E-state index < -0.39 is 19.3 Å². The van der Waals surface area contributed by atoms with Gasteiger partial charge in [-0.1, -0.05) is 54.6 Å². The molecule has 0 heterocycles. The highest BCUT2D eigenvalue weighted by molar-refractivity contribution is 7.58. The van der Waals surface area contributed by atoms with Crippen molar-refractivity contribution in [1.82, 2.24) is 0 Å². The van der Waals surface area contributed by atoms with Crippen molar-refractivity contribution in [3.05, 3.63) is 71.8 Å². The Morgan fingerprint density at radius 3 is 2.56 bits per heavy atom. The second-order valence-electron chi connectivity index (χ2n) is 6.08. The molecule has 2 aromatic carbocycles. The number of benzene rings is 2. The van der Waals surface area contributed by atoms with Gasteiger partial charge in [0, 0.05) is 18.0 Å². The van der Waals surface area contributed by atoms with Gasteiger partial charge in [-0.2, -0.15) is 0 Å². The van der Waals surface area contributed by atoms with Gasteiger partial charge in [-0.3, -0.25) is 14.8 Å². The number of carbonyl (C=O) groups is 1. The molecule has 6 N–H and O–H groups in total. The van der Waals surface area contributed by atoms with E-state index in [9.17, 15) is 19.4 Å². The molecule has 0 aliphatic heterocycles. The van der Waals surface area contributed by atoms with Gasteiger partial charge >= 0.3 is 5.97 Å². The number of carboxylic acid groups (broad SMARTS) is 1. The van der Waals surface area contributed by atoms with Crippen LogP contribution in [0.1, 0.15) is 17.0 Å². The van der Waals surface area contributed by atoms with Crippen molar-refractivity contribution in [2.45, 2.75) is 5.92 Å². The van der Waals surface area contributed by atoms with Crippen molar-refractivity contribution in [2.24, 2.45) is 5.73 Å². The van der Waals surface area contributed by atoms with Crippen LogP contribution in [-0.2, 0) is 9.36 Å². The zero-order valence-corrected chi connectivity index (χ0v) is 15.5. The summed E-state index contributed by atoms with van der Waals surface area (Å²) in [5, 5.41) is 19.4. The van der Waals surface area contributed by atoms with Gasteiger partial charge in [0.05, 0.1) is 5.92 Å². The lowest BCUT2D eigenvalue weighted by molar-refractivity contribution is -0.138. The number of carboxylic acids is 1. The molecule has 0 bridgehead atoms. The van der Waals surface area contributed by atoms with Crippen LogP contribution in [0.4, 0.5) is 5.69 Å². The molecule has 2 atom stereocenters. The first kappa shape index (κ1) is 20.4. The number of nitrogens with two attached hydrogens (primary N) is 1. The number of guanidine groups is 1. The normalized spacial score (nSPS) is 14.4. The summed E-state index contributed by atoms with van der Waals surface area (Å²) in [4.78, 5) is 21.9. The molecule has 7 nitrogen and oxygen atoms in total. The Balaban J connectivity index is 2.12. The number of rotatable bonds is 8. The van der Waals surface area contributed by atoms with Crippen LogP contribution in [-0.4, -0.2) is 34.3 Å². The van der Waals surface area contributed by atoms with E-state index in [1.165, 1.54) is 6.07 Å². The zero-order valence-electron chi connectivity index (χ0n) is 14.6. The Labute approximate surface area is 157 Å². The number of aliphatic carboxylic acids is 1. The molecule has 2 unspecified atom stereocenters. The summed E-state index contributed by atoms with van der Waals surface area (Å²) < 4.78 is 12.5. The number of hydrogen-bond acceptors (Lipinski definition) is 3. The van der Waals surface area contributed by atoms with Gasteiger partial charge in [0.15, 0.2) is 5.96 Å². The first-order chi connectivity index (χ1) is 12.8. The minimum atomic E-state index is -3.70. The van der Waals surface area contributed by atoms with Gasteiger partial charge in [-0.15, -0.1) is 0 Å². The average Bonchev–Trinajstić information content (AvgIpc) is 2.60. The predicted molar refractivity (Wildman–Crippen MR) is 107 cm³/mol.